The van der Waals surface area contributed by atoms with Crippen LogP contribution in [-0.4, -0.2) is 47.2 Å². The predicted octanol–water partition coefficient (Wildman–Crippen LogP) is 0.225. The Kier molecular flexibility index (Phi) is 7.21. The minimum absolute atomic E-state index is 0.220. The van der Waals surface area contributed by atoms with Crippen molar-refractivity contribution in [2.45, 2.75) is 33.3 Å². The van der Waals surface area contributed by atoms with Crippen LogP contribution in [0.3, 0.4) is 0 Å². The number of carbonyl (C=O) groups is 1. The summed E-state index contributed by atoms with van der Waals surface area (Å²) in [6, 6.07) is 0. The third kappa shape index (κ3) is 6.04. The van der Waals surface area contributed by atoms with Crippen molar-refractivity contribution in [2.75, 3.05) is 20.3 Å². The summed E-state index contributed by atoms with van der Waals surface area (Å²) in [4.78, 5) is 30.0. The molecule has 0 aliphatic heterocycles. The first-order valence-corrected chi connectivity index (χ1v) is 7.20. The van der Waals surface area contributed by atoms with Gasteiger partial charge in [-0.25, -0.2) is 0 Å². The number of hydrogen-bond acceptors (Lipinski definition) is 6. The molecule has 8 heteroatoms. The van der Waals surface area contributed by atoms with Crippen LogP contribution in [0, 0.1) is 5.41 Å². The molecule has 0 aromatic heterocycles. The fourth-order valence-corrected chi connectivity index (χ4v) is 1.69. The van der Waals surface area contributed by atoms with Crippen LogP contribution in [0.2, 0.25) is 0 Å². The Labute approximate surface area is 108 Å². The Morgan fingerprint density at radius 1 is 1.44 bits per heavy atom. The number of carbonyl (C=O) groups excluding carboxylic acids is 1. The highest BCUT2D eigenvalue weighted by Gasteiger charge is 2.43. The molecule has 7 nitrogen and oxygen atoms in total. The summed E-state index contributed by atoms with van der Waals surface area (Å²) in [5, 5.41) is 12.4. The summed E-state index contributed by atoms with van der Waals surface area (Å²) in [5.41, 5.74) is -0.965. The number of aliphatic hydroxyl groups excluding tert-OH is 1. The van der Waals surface area contributed by atoms with Gasteiger partial charge in [0, 0.05) is 12.0 Å². The molecule has 0 saturated carbocycles. The second-order valence-electron chi connectivity index (χ2n) is 4.63. The van der Waals surface area contributed by atoms with Gasteiger partial charge in [0.05, 0.1) is 7.11 Å². The highest BCUT2D eigenvalue weighted by atomic mass is 31.2. The quantitative estimate of drug-likeness (QED) is 0.475. The van der Waals surface area contributed by atoms with E-state index < -0.39 is 25.6 Å². The first-order valence-electron chi connectivity index (χ1n) is 5.67. The van der Waals surface area contributed by atoms with Crippen LogP contribution in [0.4, 0.5) is 0 Å². The topological polar surface area (TPSA) is 108 Å². The van der Waals surface area contributed by atoms with Crippen molar-refractivity contribution >= 4 is 14.1 Å². The van der Waals surface area contributed by atoms with E-state index in [4.69, 9.17) is 4.52 Å². The zero-order valence-electron chi connectivity index (χ0n) is 11.2. The van der Waals surface area contributed by atoms with Crippen molar-refractivity contribution in [2.24, 2.45) is 5.41 Å². The molecule has 4 N–H and O–H groups in total. The van der Waals surface area contributed by atoms with E-state index in [0.717, 1.165) is 13.5 Å². The predicted molar refractivity (Wildman–Crippen MR) is 67.4 cm³/mol. The second kappa shape index (κ2) is 7.33. The van der Waals surface area contributed by atoms with Crippen molar-refractivity contribution in [1.82, 2.24) is 5.32 Å². The number of amides is 1. The lowest BCUT2D eigenvalue weighted by atomic mass is 9.87. The summed E-state index contributed by atoms with van der Waals surface area (Å²) >= 11 is 0. The highest BCUT2D eigenvalue weighted by Crippen LogP contribution is 2.52. The molecule has 0 heterocycles. The van der Waals surface area contributed by atoms with Crippen LogP contribution in [0.1, 0.15) is 27.2 Å². The van der Waals surface area contributed by atoms with Crippen molar-refractivity contribution < 1.29 is 28.7 Å². The Morgan fingerprint density at radius 3 is 2.44 bits per heavy atom. The molecule has 0 aliphatic rings. The van der Waals surface area contributed by atoms with E-state index >= 15 is 0 Å². The van der Waals surface area contributed by atoms with Crippen LogP contribution in [0.15, 0.2) is 0 Å². The van der Waals surface area contributed by atoms with E-state index in [-0.39, 0.29) is 6.61 Å². The second-order valence-corrected chi connectivity index (χ2v) is 6.23. The van der Waals surface area contributed by atoms with E-state index in [1.54, 1.807) is 13.8 Å². The Balaban J connectivity index is 4.38. The van der Waals surface area contributed by atoms with Crippen molar-refractivity contribution in [1.29, 1.82) is 0 Å². The van der Waals surface area contributed by atoms with Crippen LogP contribution in [-0.2, 0) is 13.8 Å². The van der Waals surface area contributed by atoms with Gasteiger partial charge >= 0.3 is 8.17 Å². The van der Waals surface area contributed by atoms with Gasteiger partial charge in [0.1, 0.15) is 12.7 Å². The maximum Gasteiger partial charge on any atom is 0.569 e. The van der Waals surface area contributed by atoms with Gasteiger partial charge in [-0.15, -0.1) is 0 Å². The normalized spacial score (nSPS) is 14.4. The maximum atomic E-state index is 11.6. The van der Waals surface area contributed by atoms with Crippen molar-refractivity contribution in [3.63, 3.8) is 0 Å². The molecule has 0 aromatic rings. The van der Waals surface area contributed by atoms with E-state index in [0.29, 0.717) is 6.54 Å². The van der Waals surface area contributed by atoms with Crippen LogP contribution in [0.25, 0.3) is 0 Å². The fraction of sp³-hybridized carbons (Fsp3) is 0.900. The molecule has 0 saturated heterocycles. The number of aliphatic hydroxyl groups is 1. The van der Waals surface area contributed by atoms with Gasteiger partial charge in [-0.3, -0.25) is 4.79 Å². The zero-order chi connectivity index (χ0) is 14.4. The molecule has 0 rings (SSSR count). The maximum absolute atomic E-state index is 11.6. The lowest BCUT2D eigenvalue weighted by Crippen LogP contribution is -2.46. The first-order chi connectivity index (χ1) is 8.16. The number of rotatable bonds is 8. The average Bonchev–Trinajstić information content (AvgIpc) is 2.32. The highest BCUT2D eigenvalue weighted by molar-refractivity contribution is 7.54. The molecular weight excluding hydrogens is 261 g/mol. The number of nitrogens with one attached hydrogen (secondary N) is 1. The smallest absolute Gasteiger partial charge is 0.383 e. The third-order valence-corrected chi connectivity index (χ3v) is 3.32. The van der Waals surface area contributed by atoms with Gasteiger partial charge in [-0.05, 0) is 6.42 Å². The lowest BCUT2D eigenvalue weighted by Gasteiger charge is -2.28. The third-order valence-electron chi connectivity index (χ3n) is 2.38. The molecule has 0 aromatic carbocycles. The van der Waals surface area contributed by atoms with Crippen molar-refractivity contribution in [3.05, 3.63) is 0 Å². The van der Waals surface area contributed by atoms with Gasteiger partial charge < -0.3 is 10.4 Å². The fourth-order valence-electron chi connectivity index (χ4n) is 1.08. The van der Waals surface area contributed by atoms with E-state index in [2.05, 4.69) is 9.84 Å². The summed E-state index contributed by atoms with van der Waals surface area (Å²) in [6.07, 6.45) is -0.540. The van der Waals surface area contributed by atoms with Gasteiger partial charge in [-0.1, -0.05) is 20.8 Å². The molecule has 1 unspecified atom stereocenters. The van der Waals surface area contributed by atoms with E-state index in [9.17, 15) is 19.7 Å². The van der Waals surface area contributed by atoms with Crippen LogP contribution < -0.4 is 5.32 Å². The molecule has 1 atom stereocenters. The average molecular weight is 284 g/mol. The van der Waals surface area contributed by atoms with Gasteiger partial charge in [-0.2, -0.15) is 18.8 Å². The molecule has 18 heavy (non-hydrogen) atoms. The molecule has 1 amide bonds. The Morgan fingerprint density at radius 2 is 2.00 bits per heavy atom. The van der Waals surface area contributed by atoms with Crippen molar-refractivity contribution in [3.8, 4) is 0 Å². The molecule has 0 fully saturated rings. The van der Waals surface area contributed by atoms with Crippen LogP contribution >= 0.6 is 8.17 Å². The first kappa shape index (κ1) is 17.7. The van der Waals surface area contributed by atoms with Gasteiger partial charge in [0.2, 0.25) is 5.91 Å². The molecule has 108 valence electrons. The van der Waals surface area contributed by atoms with E-state index in [1.807, 2.05) is 6.92 Å². The Bertz CT molecular complexity index is 271. The molecular formula is C10H23NO6P+. The summed E-state index contributed by atoms with van der Waals surface area (Å²) < 4.78 is 9.14. The van der Waals surface area contributed by atoms with Crippen LogP contribution in [0.5, 0.6) is 0 Å². The monoisotopic (exact) mass is 284 g/mol. The summed E-state index contributed by atoms with van der Waals surface area (Å²) in [5.74, 6) is -0.511. The lowest BCUT2D eigenvalue weighted by molar-refractivity contribution is -0.137. The SMILES string of the molecule is CCCNC(=O)C(O)C(C)(C)CO[P+](O)(O)OC. The molecule has 0 bridgehead atoms. The standard InChI is InChI=1S/C10H22NO6P/c1-5-6-11-9(13)8(12)10(2,3)7-17-18(14,15)16-4/h8,12,14-15H,5-7H2,1-4H3/p+1. The Hall–Kier alpha value is -0.300. The minimum Gasteiger partial charge on any atom is -0.383 e. The van der Waals surface area contributed by atoms with E-state index in [1.165, 1.54) is 0 Å². The van der Waals surface area contributed by atoms with Gasteiger partial charge in [0.25, 0.3) is 0 Å². The molecule has 0 aliphatic carbocycles. The summed E-state index contributed by atoms with van der Waals surface area (Å²) in [6.45, 7) is 5.32. The minimum atomic E-state index is -3.85. The number of hydrogen-bond donors (Lipinski definition) is 4. The largest absolute Gasteiger partial charge is 0.569 e. The van der Waals surface area contributed by atoms with Gasteiger partial charge in [0.15, 0.2) is 0 Å². The molecule has 0 spiro atoms. The zero-order valence-corrected chi connectivity index (χ0v) is 12.1. The molecule has 0 radical (unpaired) electrons. The summed E-state index contributed by atoms with van der Waals surface area (Å²) in [7, 11) is -2.75.